The number of hydrogen-bond acceptors (Lipinski definition) is 7. The van der Waals surface area contributed by atoms with Crippen LogP contribution in [0, 0.1) is 52.3 Å². The van der Waals surface area contributed by atoms with E-state index in [0.717, 1.165) is 76.5 Å². The molecule has 6 fully saturated rings. The number of amides is 1. The molecule has 1 heterocycles. The van der Waals surface area contributed by atoms with Crippen LogP contribution in [0.5, 0.6) is 0 Å². The van der Waals surface area contributed by atoms with Gasteiger partial charge >= 0.3 is 5.97 Å². The number of carbonyl (C=O) groups excluding carboxylic acids is 2. The number of ether oxygens (including phenoxy) is 1. The highest BCUT2D eigenvalue weighted by atomic mass is 17.4. The molecule has 250 valence electrons. The first-order valence-electron chi connectivity index (χ1n) is 18.1. The van der Waals surface area contributed by atoms with Crippen LogP contribution in [0.4, 0.5) is 0 Å². The maximum atomic E-state index is 12.6. The average Bonchev–Trinajstić information content (AvgIpc) is 3.37. The van der Waals surface area contributed by atoms with Crippen LogP contribution < -0.4 is 5.32 Å². The van der Waals surface area contributed by atoms with E-state index in [1.54, 1.807) is 6.92 Å². The molecule has 9 atom stereocenters. The van der Waals surface area contributed by atoms with Crippen molar-refractivity contribution >= 4 is 11.9 Å². The van der Waals surface area contributed by atoms with Crippen LogP contribution in [0.25, 0.3) is 0 Å². The number of rotatable bonds is 7. The lowest BCUT2D eigenvalue weighted by molar-refractivity contribution is -0.665. The molecule has 2 spiro atoms. The van der Waals surface area contributed by atoms with Gasteiger partial charge in [-0.05, 0) is 112 Å². The van der Waals surface area contributed by atoms with E-state index in [4.69, 9.17) is 24.3 Å². The summed E-state index contributed by atoms with van der Waals surface area (Å²) in [5, 5.41) is 2.96. The van der Waals surface area contributed by atoms with Crippen LogP contribution in [0.15, 0.2) is 0 Å². The second-order valence-electron chi connectivity index (χ2n) is 16.2. The summed E-state index contributed by atoms with van der Waals surface area (Å²) in [4.78, 5) is 49.5. The van der Waals surface area contributed by atoms with E-state index >= 15 is 0 Å². The summed E-state index contributed by atoms with van der Waals surface area (Å²) >= 11 is 0. The zero-order valence-corrected chi connectivity index (χ0v) is 28.3. The molecule has 1 saturated heterocycles. The number of nitrogens with one attached hydrogen (secondary N) is 1. The highest BCUT2D eigenvalue weighted by Crippen LogP contribution is 2.70. The predicted molar refractivity (Wildman–Crippen MR) is 165 cm³/mol. The fraction of sp³-hybridized carbons (Fsp3) is 0.944. The first-order chi connectivity index (χ1) is 21.0. The molecule has 1 amide bonds. The Kier molecular flexibility index (Phi) is 9.24. The van der Waals surface area contributed by atoms with Crippen molar-refractivity contribution in [3.8, 4) is 0 Å². The van der Waals surface area contributed by atoms with Crippen LogP contribution >= 0.6 is 0 Å². The molecule has 6 rings (SSSR count). The standard InChI is InChI=1S/C36H59NO7/c1-7-25-15-17-35(18-16-25)41-43-36(44-42-35)20-19-33(5)26(22-36)10-11-27-29-13-12-28(23(3)9-14-32(39)37-8-2)34(29,6)31(21-30(27)33)40-24(4)38/h23,25-31H,7-22H2,1-6H3,(H,37,39)/t23-,25?,26-,27+,28-,29+,30+,31+,33+,34-,35?,36?/m1/s1. The SMILES string of the molecule is CCNC(=O)CC[C@@H](C)[C@H]1CC[C@H]2[C@@H]3CC[C@@H]4CC5(CC[C@]4(C)[C@H]3C[C@H](OC(C)=O)[C@]12C)OOC1(CCC(CC)CC1)OO5. The summed E-state index contributed by atoms with van der Waals surface area (Å²) in [6.45, 7) is 13.7. The smallest absolute Gasteiger partial charge is 0.302 e. The first-order valence-corrected chi connectivity index (χ1v) is 18.1. The zero-order valence-electron chi connectivity index (χ0n) is 28.3. The Balaban J connectivity index is 1.16. The molecule has 8 nitrogen and oxygen atoms in total. The molecule has 8 heteroatoms. The second kappa shape index (κ2) is 12.4. The Morgan fingerprint density at radius 2 is 1.59 bits per heavy atom. The van der Waals surface area contributed by atoms with Crippen molar-refractivity contribution in [2.24, 2.45) is 52.3 Å². The lowest BCUT2D eigenvalue weighted by Crippen LogP contribution is -2.62. The molecule has 1 N–H and O–H groups in total. The third-order valence-electron chi connectivity index (χ3n) is 14.1. The van der Waals surface area contributed by atoms with E-state index < -0.39 is 11.6 Å². The lowest BCUT2D eigenvalue weighted by Gasteiger charge is -2.63. The van der Waals surface area contributed by atoms with Gasteiger partial charge in [-0.3, -0.25) is 9.59 Å². The quantitative estimate of drug-likeness (QED) is 0.232. The van der Waals surface area contributed by atoms with Crippen molar-refractivity contribution in [2.75, 3.05) is 6.54 Å². The van der Waals surface area contributed by atoms with Gasteiger partial charge < -0.3 is 10.1 Å². The minimum absolute atomic E-state index is 0.0606. The Labute approximate surface area is 265 Å². The highest BCUT2D eigenvalue weighted by molar-refractivity contribution is 5.75. The van der Waals surface area contributed by atoms with Crippen LogP contribution in [0.2, 0.25) is 0 Å². The summed E-state index contributed by atoms with van der Waals surface area (Å²) in [6, 6.07) is 0. The molecule has 5 saturated carbocycles. The van der Waals surface area contributed by atoms with E-state index in [1.807, 2.05) is 6.92 Å². The fourth-order valence-corrected chi connectivity index (χ4v) is 11.5. The van der Waals surface area contributed by atoms with Crippen molar-refractivity contribution in [3.63, 3.8) is 0 Å². The van der Waals surface area contributed by atoms with Crippen LogP contribution in [0.1, 0.15) is 138 Å². The van der Waals surface area contributed by atoms with E-state index in [2.05, 4.69) is 33.0 Å². The molecule has 6 aliphatic rings. The van der Waals surface area contributed by atoms with Gasteiger partial charge in [0.05, 0.1) is 0 Å². The van der Waals surface area contributed by atoms with E-state index in [0.29, 0.717) is 48.5 Å². The monoisotopic (exact) mass is 617 g/mol. The molecule has 44 heavy (non-hydrogen) atoms. The van der Waals surface area contributed by atoms with Crippen molar-refractivity contribution < 1.29 is 33.9 Å². The van der Waals surface area contributed by atoms with Gasteiger partial charge in [-0.2, -0.15) is 19.6 Å². The van der Waals surface area contributed by atoms with Crippen molar-refractivity contribution in [3.05, 3.63) is 0 Å². The third kappa shape index (κ3) is 5.66. The molecular formula is C36H59NO7. The Hall–Kier alpha value is -1.22. The maximum Gasteiger partial charge on any atom is 0.302 e. The molecule has 0 radical (unpaired) electrons. The largest absolute Gasteiger partial charge is 0.462 e. The number of carbonyl (C=O) groups is 2. The zero-order chi connectivity index (χ0) is 31.3. The molecule has 0 unspecified atom stereocenters. The average molecular weight is 618 g/mol. The minimum atomic E-state index is -0.833. The summed E-state index contributed by atoms with van der Waals surface area (Å²) < 4.78 is 6.31. The molecule has 0 aromatic heterocycles. The van der Waals surface area contributed by atoms with E-state index in [-0.39, 0.29) is 28.8 Å². The molecular weight excluding hydrogens is 558 g/mol. The predicted octanol–water partition coefficient (Wildman–Crippen LogP) is 7.64. The maximum absolute atomic E-state index is 12.6. The first kappa shape index (κ1) is 32.7. The Bertz CT molecular complexity index is 1050. The fourth-order valence-electron chi connectivity index (χ4n) is 11.5. The van der Waals surface area contributed by atoms with Crippen LogP contribution in [0.3, 0.4) is 0 Å². The van der Waals surface area contributed by atoms with E-state index in [1.165, 1.54) is 19.3 Å². The molecule has 0 bridgehead atoms. The summed E-state index contributed by atoms with van der Waals surface area (Å²) in [5.41, 5.74) is 0.0613. The highest BCUT2D eigenvalue weighted by Gasteiger charge is 2.67. The van der Waals surface area contributed by atoms with Gasteiger partial charge in [0.15, 0.2) is 0 Å². The third-order valence-corrected chi connectivity index (χ3v) is 14.1. The topological polar surface area (TPSA) is 92.3 Å². The lowest BCUT2D eigenvalue weighted by atomic mass is 9.43. The summed E-state index contributed by atoms with van der Waals surface area (Å²) in [6.07, 6.45) is 14.5. The van der Waals surface area contributed by atoms with Gasteiger partial charge in [-0.15, -0.1) is 0 Å². The minimum Gasteiger partial charge on any atom is -0.462 e. The van der Waals surface area contributed by atoms with E-state index in [9.17, 15) is 9.59 Å². The van der Waals surface area contributed by atoms with Gasteiger partial charge in [0.1, 0.15) is 6.10 Å². The number of fused-ring (bicyclic) bond motifs is 5. The summed E-state index contributed by atoms with van der Waals surface area (Å²) in [5.74, 6) is 2.05. The van der Waals surface area contributed by atoms with Crippen LogP contribution in [-0.4, -0.2) is 36.1 Å². The van der Waals surface area contributed by atoms with Gasteiger partial charge in [0.2, 0.25) is 17.5 Å². The van der Waals surface area contributed by atoms with Gasteiger partial charge in [-0.25, -0.2) is 0 Å². The molecule has 0 aromatic rings. The molecule has 5 aliphatic carbocycles. The number of hydrogen-bond donors (Lipinski definition) is 1. The Morgan fingerprint density at radius 1 is 0.886 bits per heavy atom. The van der Waals surface area contributed by atoms with Gasteiger partial charge in [-0.1, -0.05) is 34.1 Å². The van der Waals surface area contributed by atoms with Crippen molar-refractivity contribution in [2.45, 2.75) is 156 Å². The summed E-state index contributed by atoms with van der Waals surface area (Å²) in [7, 11) is 0. The Morgan fingerprint density at radius 3 is 2.25 bits per heavy atom. The van der Waals surface area contributed by atoms with Crippen LogP contribution in [-0.2, 0) is 33.9 Å². The van der Waals surface area contributed by atoms with Crippen molar-refractivity contribution in [1.29, 1.82) is 0 Å². The normalized spacial score (nSPS) is 47.4. The second-order valence-corrected chi connectivity index (χ2v) is 16.2. The molecule has 1 aliphatic heterocycles. The van der Waals surface area contributed by atoms with Gasteiger partial charge in [0, 0.05) is 51.0 Å². The number of esters is 1. The van der Waals surface area contributed by atoms with Crippen molar-refractivity contribution in [1.82, 2.24) is 5.32 Å². The molecule has 0 aromatic carbocycles. The van der Waals surface area contributed by atoms with Gasteiger partial charge in [0.25, 0.3) is 0 Å².